The van der Waals surface area contributed by atoms with Crippen molar-refractivity contribution in [1.82, 2.24) is 10.3 Å². The molecule has 1 unspecified atom stereocenters. The second-order valence-corrected chi connectivity index (χ2v) is 4.96. The van der Waals surface area contributed by atoms with Crippen molar-refractivity contribution in [2.45, 2.75) is 12.3 Å². The van der Waals surface area contributed by atoms with Crippen molar-refractivity contribution in [3.05, 3.63) is 29.5 Å². The lowest BCUT2D eigenvalue weighted by atomic mass is 10.00. The van der Waals surface area contributed by atoms with Crippen LogP contribution in [0.1, 0.15) is 17.2 Å². The number of hydrogen-bond acceptors (Lipinski definition) is 4. The van der Waals surface area contributed by atoms with Gasteiger partial charge in [-0.1, -0.05) is 0 Å². The molecule has 0 saturated heterocycles. The fraction of sp³-hybridized carbons (Fsp3) is 0.400. The molecule has 0 bridgehead atoms. The van der Waals surface area contributed by atoms with E-state index in [9.17, 15) is 4.79 Å². The van der Waals surface area contributed by atoms with Gasteiger partial charge in [-0.3, -0.25) is 4.79 Å². The smallest absolute Gasteiger partial charge is 0.315 e. The normalized spacial score (nSPS) is 18.4. The van der Waals surface area contributed by atoms with Gasteiger partial charge in [-0.05, 0) is 30.7 Å². The van der Waals surface area contributed by atoms with Crippen molar-refractivity contribution >= 4 is 16.9 Å². The number of ether oxygens (including phenoxy) is 2. The van der Waals surface area contributed by atoms with Crippen LogP contribution >= 0.6 is 0 Å². The summed E-state index contributed by atoms with van der Waals surface area (Å²) in [4.78, 5) is 15.4. The van der Waals surface area contributed by atoms with Crippen LogP contribution in [0.15, 0.2) is 18.2 Å². The Balaban J connectivity index is 2.15. The summed E-state index contributed by atoms with van der Waals surface area (Å²) in [7, 11) is 3.08. The third kappa shape index (κ3) is 2.04. The maximum absolute atomic E-state index is 12.0. The fourth-order valence-electron chi connectivity index (χ4n) is 2.85. The Morgan fingerprint density at radius 2 is 2.20 bits per heavy atom. The second kappa shape index (κ2) is 5.17. The van der Waals surface area contributed by atoms with Crippen molar-refractivity contribution in [1.29, 1.82) is 0 Å². The summed E-state index contributed by atoms with van der Waals surface area (Å²) in [5, 5.41) is 4.44. The average Bonchev–Trinajstić information content (AvgIpc) is 2.70. The zero-order valence-corrected chi connectivity index (χ0v) is 11.7. The lowest BCUT2D eigenvalue weighted by Gasteiger charge is -2.12. The van der Waals surface area contributed by atoms with Gasteiger partial charge in [-0.15, -0.1) is 0 Å². The summed E-state index contributed by atoms with van der Waals surface area (Å²) in [5.41, 5.74) is 3.17. The zero-order valence-electron chi connectivity index (χ0n) is 11.7. The Labute approximate surface area is 117 Å². The van der Waals surface area contributed by atoms with E-state index in [1.165, 1.54) is 12.7 Å². The highest BCUT2D eigenvalue weighted by molar-refractivity contribution is 5.89. The van der Waals surface area contributed by atoms with Crippen LogP contribution in [-0.4, -0.2) is 38.3 Å². The molecule has 0 spiro atoms. The van der Waals surface area contributed by atoms with E-state index in [2.05, 4.69) is 10.3 Å². The maximum atomic E-state index is 12.0. The molecule has 0 fully saturated rings. The molecule has 2 heterocycles. The molecule has 1 aliphatic heterocycles. The van der Waals surface area contributed by atoms with E-state index in [-0.39, 0.29) is 11.9 Å². The largest absolute Gasteiger partial charge is 0.497 e. The number of nitrogens with one attached hydrogen (secondary N) is 2. The Kier molecular flexibility index (Phi) is 3.36. The number of aromatic nitrogens is 1. The summed E-state index contributed by atoms with van der Waals surface area (Å²) in [5.74, 6) is 0.316. The summed E-state index contributed by atoms with van der Waals surface area (Å²) in [6.07, 6.45) is 0.898. The first kappa shape index (κ1) is 13.0. The van der Waals surface area contributed by atoms with Gasteiger partial charge < -0.3 is 19.8 Å². The number of methoxy groups -OCH3 is 2. The van der Waals surface area contributed by atoms with E-state index in [4.69, 9.17) is 9.47 Å². The average molecular weight is 274 g/mol. The Morgan fingerprint density at radius 3 is 2.95 bits per heavy atom. The van der Waals surface area contributed by atoms with Gasteiger partial charge in [0.15, 0.2) is 0 Å². The predicted octanol–water partition coefficient (Wildman–Crippen LogP) is 1.58. The quantitative estimate of drug-likeness (QED) is 0.816. The number of aromatic amines is 1. The highest BCUT2D eigenvalue weighted by Crippen LogP contribution is 2.32. The Hall–Kier alpha value is -2.01. The van der Waals surface area contributed by atoms with Crippen LogP contribution < -0.4 is 10.1 Å². The number of carbonyl (C=O) groups is 1. The summed E-state index contributed by atoms with van der Waals surface area (Å²) in [6.45, 7) is 1.46. The molecular weight excluding hydrogens is 256 g/mol. The summed E-state index contributed by atoms with van der Waals surface area (Å²) < 4.78 is 10.2. The first-order valence-electron chi connectivity index (χ1n) is 6.71. The second-order valence-electron chi connectivity index (χ2n) is 4.96. The molecule has 2 aromatic rings. The topological polar surface area (TPSA) is 63.3 Å². The van der Waals surface area contributed by atoms with Crippen LogP contribution in [0.3, 0.4) is 0 Å². The molecule has 1 aromatic carbocycles. The van der Waals surface area contributed by atoms with E-state index in [1.807, 2.05) is 18.2 Å². The number of H-pyrrole nitrogens is 1. The first-order chi connectivity index (χ1) is 9.74. The number of fused-ring (bicyclic) bond motifs is 3. The van der Waals surface area contributed by atoms with Crippen molar-refractivity contribution in [2.75, 3.05) is 27.3 Å². The lowest BCUT2D eigenvalue weighted by molar-refractivity contribution is -0.142. The number of esters is 1. The molecule has 0 aliphatic carbocycles. The minimum atomic E-state index is -0.282. The van der Waals surface area contributed by atoms with Gasteiger partial charge in [0.25, 0.3) is 0 Å². The standard InChI is InChI=1S/C15H18N2O3/c1-19-9-3-4-10-11-5-6-16-8-12(15(18)20-2)14(11)17-13(10)7-9/h3-4,7,12,16-17H,5-6,8H2,1-2H3. The molecular formula is C15H18N2O3. The summed E-state index contributed by atoms with van der Waals surface area (Å²) >= 11 is 0. The molecule has 106 valence electrons. The molecule has 0 amide bonds. The van der Waals surface area contributed by atoms with E-state index in [1.54, 1.807) is 7.11 Å². The molecule has 3 rings (SSSR count). The molecule has 5 heteroatoms. The van der Waals surface area contributed by atoms with Crippen molar-refractivity contribution in [3.63, 3.8) is 0 Å². The van der Waals surface area contributed by atoms with Crippen LogP contribution in [0, 0.1) is 0 Å². The molecule has 1 aliphatic rings. The van der Waals surface area contributed by atoms with Crippen molar-refractivity contribution in [2.24, 2.45) is 0 Å². The van der Waals surface area contributed by atoms with Crippen molar-refractivity contribution in [3.8, 4) is 5.75 Å². The number of rotatable bonds is 2. The number of carbonyl (C=O) groups excluding carboxylic acids is 1. The monoisotopic (exact) mass is 274 g/mol. The third-order valence-corrected chi connectivity index (χ3v) is 3.88. The number of benzene rings is 1. The van der Waals surface area contributed by atoms with Gasteiger partial charge >= 0.3 is 5.97 Å². The molecule has 2 N–H and O–H groups in total. The van der Waals surface area contributed by atoms with Gasteiger partial charge in [0, 0.05) is 29.2 Å². The van der Waals surface area contributed by atoms with Crippen LogP contribution in [-0.2, 0) is 16.0 Å². The molecule has 1 atom stereocenters. The van der Waals surface area contributed by atoms with Gasteiger partial charge in [0.05, 0.1) is 14.2 Å². The summed E-state index contributed by atoms with van der Waals surface area (Å²) in [6, 6.07) is 5.96. The van der Waals surface area contributed by atoms with Crippen LogP contribution in [0.2, 0.25) is 0 Å². The lowest BCUT2D eigenvalue weighted by Crippen LogP contribution is -2.26. The third-order valence-electron chi connectivity index (χ3n) is 3.88. The zero-order chi connectivity index (χ0) is 14.1. The Morgan fingerprint density at radius 1 is 1.35 bits per heavy atom. The van der Waals surface area contributed by atoms with E-state index >= 15 is 0 Å². The van der Waals surface area contributed by atoms with Crippen LogP contribution in [0.25, 0.3) is 10.9 Å². The maximum Gasteiger partial charge on any atom is 0.315 e. The van der Waals surface area contributed by atoms with Gasteiger partial charge in [0.2, 0.25) is 0 Å². The first-order valence-corrected chi connectivity index (χ1v) is 6.71. The highest BCUT2D eigenvalue weighted by Gasteiger charge is 2.28. The van der Waals surface area contributed by atoms with Crippen molar-refractivity contribution < 1.29 is 14.3 Å². The fourth-order valence-corrected chi connectivity index (χ4v) is 2.85. The number of hydrogen-bond donors (Lipinski definition) is 2. The van der Waals surface area contributed by atoms with Crippen LogP contribution in [0.4, 0.5) is 0 Å². The molecule has 5 nitrogen and oxygen atoms in total. The molecule has 1 aromatic heterocycles. The SMILES string of the molecule is COC(=O)C1CNCCc2c1[nH]c1cc(OC)ccc21. The molecule has 0 saturated carbocycles. The Bertz CT molecular complexity index is 648. The van der Waals surface area contributed by atoms with Crippen LogP contribution in [0.5, 0.6) is 5.75 Å². The van der Waals surface area contributed by atoms with Gasteiger partial charge in [-0.2, -0.15) is 0 Å². The predicted molar refractivity (Wildman–Crippen MR) is 76.2 cm³/mol. The van der Waals surface area contributed by atoms with Gasteiger partial charge in [-0.25, -0.2) is 0 Å². The highest BCUT2D eigenvalue weighted by atomic mass is 16.5. The minimum Gasteiger partial charge on any atom is -0.497 e. The molecule has 20 heavy (non-hydrogen) atoms. The minimum absolute atomic E-state index is 0.209. The van der Waals surface area contributed by atoms with E-state index in [0.29, 0.717) is 6.54 Å². The van der Waals surface area contributed by atoms with E-state index < -0.39 is 0 Å². The van der Waals surface area contributed by atoms with E-state index in [0.717, 1.165) is 35.3 Å². The van der Waals surface area contributed by atoms with Gasteiger partial charge in [0.1, 0.15) is 11.7 Å². The molecule has 0 radical (unpaired) electrons.